The fraction of sp³-hybridized carbons (Fsp3) is 0.389. The van der Waals surface area contributed by atoms with Crippen molar-refractivity contribution in [2.24, 2.45) is 5.10 Å². The van der Waals surface area contributed by atoms with Crippen molar-refractivity contribution in [3.63, 3.8) is 0 Å². The van der Waals surface area contributed by atoms with Crippen LogP contribution in [0.2, 0.25) is 0 Å². The first-order valence-electron chi connectivity index (χ1n) is 8.86. The molecule has 1 aromatic heterocycles. The van der Waals surface area contributed by atoms with Gasteiger partial charge in [0.1, 0.15) is 5.71 Å². The van der Waals surface area contributed by atoms with E-state index in [0.29, 0.717) is 23.0 Å². The molecule has 0 atom stereocenters. The van der Waals surface area contributed by atoms with E-state index >= 15 is 0 Å². The number of aromatic nitrogens is 2. The minimum absolute atomic E-state index is 0.407. The van der Waals surface area contributed by atoms with Gasteiger partial charge in [0.2, 0.25) is 5.95 Å². The fourth-order valence-corrected chi connectivity index (χ4v) is 3.27. The summed E-state index contributed by atoms with van der Waals surface area (Å²) in [7, 11) is 1.97. The van der Waals surface area contributed by atoms with Crippen LogP contribution in [0, 0.1) is 5.41 Å². The smallest absolute Gasteiger partial charge is 0.225 e. The van der Waals surface area contributed by atoms with Crippen LogP contribution in [0.3, 0.4) is 0 Å². The van der Waals surface area contributed by atoms with Crippen LogP contribution in [0.1, 0.15) is 6.42 Å². The summed E-state index contributed by atoms with van der Waals surface area (Å²) in [5.74, 6) is 0.748. The molecule has 2 aliphatic rings. The van der Waals surface area contributed by atoms with Crippen LogP contribution >= 0.6 is 12.2 Å². The Labute approximate surface area is 164 Å². The number of rotatable bonds is 3. The van der Waals surface area contributed by atoms with E-state index in [0.717, 1.165) is 44.4 Å². The third kappa shape index (κ3) is 4.48. The summed E-state index contributed by atoms with van der Waals surface area (Å²) in [5.41, 5.74) is 4.90. The van der Waals surface area contributed by atoms with Crippen molar-refractivity contribution in [3.8, 4) is 0 Å². The van der Waals surface area contributed by atoms with Crippen molar-refractivity contribution in [1.82, 2.24) is 25.2 Å². The number of hydrogen-bond donors (Lipinski definition) is 2. The summed E-state index contributed by atoms with van der Waals surface area (Å²) in [5, 5.41) is 13.3. The highest BCUT2D eigenvalue weighted by Crippen LogP contribution is 2.14. The van der Waals surface area contributed by atoms with Crippen LogP contribution in [0.25, 0.3) is 0 Å². The molecule has 0 saturated carbocycles. The molecule has 2 fully saturated rings. The van der Waals surface area contributed by atoms with Crippen molar-refractivity contribution in [2.45, 2.75) is 6.42 Å². The molecule has 3 heterocycles. The van der Waals surface area contributed by atoms with Crippen molar-refractivity contribution in [3.05, 3.63) is 42.9 Å². The lowest BCUT2D eigenvalue weighted by atomic mass is 10.0. The van der Waals surface area contributed by atoms with Gasteiger partial charge in [-0.25, -0.2) is 9.97 Å². The van der Waals surface area contributed by atoms with Gasteiger partial charge in [-0.1, -0.05) is 12.7 Å². The first-order chi connectivity index (χ1) is 13.1. The van der Waals surface area contributed by atoms with Gasteiger partial charge in [0, 0.05) is 58.6 Å². The molecule has 1 aromatic rings. The molecule has 3 rings (SSSR count). The number of anilines is 1. The van der Waals surface area contributed by atoms with Crippen molar-refractivity contribution < 1.29 is 0 Å². The Bertz CT molecular complexity index is 765. The lowest BCUT2D eigenvalue weighted by Gasteiger charge is -2.35. The van der Waals surface area contributed by atoms with Crippen LogP contribution in [0.15, 0.2) is 48.0 Å². The van der Waals surface area contributed by atoms with E-state index in [1.807, 2.05) is 24.1 Å². The Hall–Kier alpha value is -2.81. The quantitative estimate of drug-likeness (QED) is 0.599. The normalized spacial score (nSPS) is 20.9. The standard InChI is InChI=1S/C18H24N8S/c1-3-5-15-16(19)14(6-9-24(15)2)22-23-18(27)26-12-10-25(11-13-26)17-20-7-4-8-21-17/h3-5,7-8,19H,1,6,9-13H2,2H3,(H,23,27)/b15-5+,19-16?,22-14-. The zero-order chi connectivity index (χ0) is 19.2. The average molecular weight is 385 g/mol. The maximum Gasteiger partial charge on any atom is 0.225 e. The number of piperidine rings is 1. The summed E-state index contributed by atoms with van der Waals surface area (Å²) in [4.78, 5) is 14.8. The topological polar surface area (TPSA) is 83.7 Å². The maximum absolute atomic E-state index is 8.34. The molecule has 2 saturated heterocycles. The van der Waals surface area contributed by atoms with E-state index in [4.69, 9.17) is 17.6 Å². The largest absolute Gasteiger partial charge is 0.372 e. The van der Waals surface area contributed by atoms with E-state index in [-0.39, 0.29) is 0 Å². The zero-order valence-electron chi connectivity index (χ0n) is 15.4. The SMILES string of the molecule is C=C/C=C1\C(=N)/C(=N\NC(=S)N2CCN(c3ncccn3)CC2)CCN1C. The van der Waals surface area contributed by atoms with E-state index in [9.17, 15) is 0 Å². The molecule has 142 valence electrons. The lowest BCUT2D eigenvalue weighted by molar-refractivity contribution is 0.378. The fourth-order valence-electron chi connectivity index (χ4n) is 3.04. The molecule has 0 amide bonds. The van der Waals surface area contributed by atoms with Crippen LogP contribution < -0.4 is 10.3 Å². The highest BCUT2D eigenvalue weighted by Gasteiger charge is 2.23. The van der Waals surface area contributed by atoms with Gasteiger partial charge >= 0.3 is 0 Å². The maximum atomic E-state index is 8.34. The molecule has 9 heteroatoms. The third-order valence-electron chi connectivity index (χ3n) is 4.60. The van der Waals surface area contributed by atoms with Gasteiger partial charge in [0.05, 0.1) is 11.4 Å². The number of likely N-dealkylation sites (tertiary alicyclic amines) is 1. The van der Waals surface area contributed by atoms with Crippen molar-refractivity contribution in [1.29, 1.82) is 5.41 Å². The summed E-state index contributed by atoms with van der Waals surface area (Å²) in [6.45, 7) is 7.68. The van der Waals surface area contributed by atoms with E-state index in [1.165, 1.54) is 0 Å². The Morgan fingerprint density at radius 2 is 1.96 bits per heavy atom. The Kier molecular flexibility index (Phi) is 6.12. The number of allylic oxidation sites excluding steroid dienone is 3. The predicted octanol–water partition coefficient (Wildman–Crippen LogP) is 1.25. The molecule has 0 aromatic carbocycles. The number of piperazine rings is 1. The van der Waals surface area contributed by atoms with E-state index < -0.39 is 0 Å². The Morgan fingerprint density at radius 3 is 2.63 bits per heavy atom. The van der Waals surface area contributed by atoms with Crippen molar-refractivity contribution in [2.75, 3.05) is 44.7 Å². The van der Waals surface area contributed by atoms with E-state index in [2.05, 4.69) is 36.9 Å². The Morgan fingerprint density at radius 1 is 1.26 bits per heavy atom. The van der Waals surface area contributed by atoms with Crippen LogP contribution in [-0.4, -0.2) is 76.1 Å². The molecule has 2 N–H and O–H groups in total. The predicted molar refractivity (Wildman–Crippen MR) is 112 cm³/mol. The van der Waals surface area contributed by atoms with Crippen molar-refractivity contribution >= 4 is 34.7 Å². The molecular formula is C18H24N8S. The summed E-state index contributed by atoms with van der Waals surface area (Å²) in [6, 6.07) is 1.81. The molecule has 8 nitrogen and oxygen atoms in total. The number of hydrogen-bond acceptors (Lipinski definition) is 7. The van der Waals surface area contributed by atoms with Crippen LogP contribution in [-0.2, 0) is 0 Å². The molecule has 2 aliphatic heterocycles. The molecular weight excluding hydrogens is 360 g/mol. The van der Waals surface area contributed by atoms with Gasteiger partial charge in [-0.2, -0.15) is 5.10 Å². The minimum Gasteiger partial charge on any atom is -0.372 e. The number of nitrogens with one attached hydrogen (secondary N) is 2. The summed E-state index contributed by atoms with van der Waals surface area (Å²) in [6.07, 6.45) is 7.74. The number of thiocarbonyl (C=S) groups is 1. The minimum atomic E-state index is 0.407. The van der Waals surface area contributed by atoms with Gasteiger partial charge in [-0.15, -0.1) is 0 Å². The number of hydrazone groups is 1. The second kappa shape index (κ2) is 8.72. The highest BCUT2D eigenvalue weighted by molar-refractivity contribution is 7.80. The van der Waals surface area contributed by atoms with Gasteiger partial charge in [-0.05, 0) is 24.4 Å². The first-order valence-corrected chi connectivity index (χ1v) is 9.27. The van der Waals surface area contributed by atoms with Gasteiger partial charge in [0.15, 0.2) is 5.11 Å². The molecule has 0 radical (unpaired) electrons. The van der Waals surface area contributed by atoms with Crippen LogP contribution in [0.4, 0.5) is 5.95 Å². The third-order valence-corrected chi connectivity index (χ3v) is 4.95. The Balaban J connectivity index is 1.55. The second-order valence-electron chi connectivity index (χ2n) is 6.33. The summed E-state index contributed by atoms with van der Waals surface area (Å²) < 4.78 is 0. The summed E-state index contributed by atoms with van der Waals surface area (Å²) >= 11 is 5.49. The molecule has 0 bridgehead atoms. The molecule has 0 aliphatic carbocycles. The molecule has 0 spiro atoms. The highest BCUT2D eigenvalue weighted by atomic mass is 32.1. The van der Waals surface area contributed by atoms with E-state index in [1.54, 1.807) is 18.5 Å². The van der Waals surface area contributed by atoms with Gasteiger partial charge in [-0.3, -0.25) is 10.8 Å². The monoisotopic (exact) mass is 384 g/mol. The molecule has 0 unspecified atom stereocenters. The zero-order valence-corrected chi connectivity index (χ0v) is 16.2. The first kappa shape index (κ1) is 19.0. The van der Waals surface area contributed by atoms with Crippen LogP contribution in [0.5, 0.6) is 0 Å². The average Bonchev–Trinajstić information content (AvgIpc) is 2.71. The van der Waals surface area contributed by atoms with Gasteiger partial charge in [0.25, 0.3) is 0 Å². The second-order valence-corrected chi connectivity index (χ2v) is 6.72. The lowest BCUT2D eigenvalue weighted by Crippen LogP contribution is -2.51. The van der Waals surface area contributed by atoms with Gasteiger partial charge < -0.3 is 14.7 Å². The molecule has 27 heavy (non-hydrogen) atoms. The number of nitrogens with zero attached hydrogens (tertiary/aromatic N) is 6.